The highest BCUT2D eigenvalue weighted by Gasteiger charge is 2.10. The van der Waals surface area contributed by atoms with Gasteiger partial charge in [0.25, 0.3) is 0 Å². The second-order valence-electron chi connectivity index (χ2n) is 6.11. The van der Waals surface area contributed by atoms with Gasteiger partial charge in [-0.05, 0) is 68.7 Å². The van der Waals surface area contributed by atoms with E-state index in [4.69, 9.17) is 0 Å². The van der Waals surface area contributed by atoms with Crippen LogP contribution < -0.4 is 0 Å². The van der Waals surface area contributed by atoms with Crippen LogP contribution in [-0.2, 0) is 12.8 Å². The van der Waals surface area contributed by atoms with E-state index in [1.807, 2.05) is 6.07 Å². The van der Waals surface area contributed by atoms with Gasteiger partial charge in [-0.15, -0.1) is 0 Å². The van der Waals surface area contributed by atoms with Crippen LogP contribution in [0.15, 0.2) is 42.5 Å². The minimum absolute atomic E-state index is 0.242. The Morgan fingerprint density at radius 1 is 0.952 bits per heavy atom. The number of aliphatic hydroxyl groups is 1. The number of benzene rings is 2. The molecule has 0 radical (unpaired) electrons. The molecule has 0 bridgehead atoms. The summed E-state index contributed by atoms with van der Waals surface area (Å²) in [6, 6.07) is 14.9. The largest absolute Gasteiger partial charge is 0.393 e. The molecule has 1 nitrogen and oxygen atoms in total. The molecule has 0 saturated heterocycles. The molecule has 0 heterocycles. The van der Waals surface area contributed by atoms with Crippen LogP contribution in [0.4, 0.5) is 0 Å². The summed E-state index contributed by atoms with van der Waals surface area (Å²) in [7, 11) is 0. The maximum absolute atomic E-state index is 10.3. The van der Waals surface area contributed by atoms with Gasteiger partial charge in [0.1, 0.15) is 0 Å². The zero-order valence-electron chi connectivity index (χ0n) is 13.4. The molecule has 0 saturated carbocycles. The summed E-state index contributed by atoms with van der Waals surface area (Å²) in [6.07, 6.45) is 3.47. The molecule has 2 aromatic rings. The quantitative estimate of drug-likeness (QED) is 0.825. The van der Waals surface area contributed by atoms with E-state index in [0.29, 0.717) is 0 Å². The molecule has 0 spiro atoms. The number of aliphatic hydroxyl groups excluding tert-OH is 1. The van der Waals surface area contributed by atoms with E-state index in [1.165, 1.54) is 27.8 Å². The summed E-state index contributed by atoms with van der Waals surface area (Å²) in [4.78, 5) is 0. The zero-order chi connectivity index (χ0) is 15.2. The first-order valence-electron chi connectivity index (χ1n) is 7.85. The van der Waals surface area contributed by atoms with Gasteiger partial charge < -0.3 is 5.11 Å². The summed E-state index contributed by atoms with van der Waals surface area (Å²) in [6.45, 7) is 6.41. The molecule has 21 heavy (non-hydrogen) atoms. The number of aryl methyl sites for hydroxylation is 4. The third-order valence-corrected chi connectivity index (χ3v) is 4.13. The highest BCUT2D eigenvalue weighted by molar-refractivity contribution is 5.37. The van der Waals surface area contributed by atoms with Crippen molar-refractivity contribution in [1.29, 1.82) is 0 Å². The number of hydrogen-bond acceptors (Lipinski definition) is 1. The van der Waals surface area contributed by atoms with Gasteiger partial charge in [0, 0.05) is 0 Å². The van der Waals surface area contributed by atoms with Crippen LogP contribution in [0.1, 0.15) is 40.7 Å². The summed E-state index contributed by atoms with van der Waals surface area (Å²) in [5, 5.41) is 10.3. The molecule has 0 amide bonds. The van der Waals surface area contributed by atoms with Crippen LogP contribution in [0.25, 0.3) is 0 Å². The average molecular weight is 282 g/mol. The van der Waals surface area contributed by atoms with Gasteiger partial charge in [-0.25, -0.2) is 0 Å². The topological polar surface area (TPSA) is 20.2 Å². The first kappa shape index (κ1) is 15.8. The summed E-state index contributed by atoms with van der Waals surface area (Å²) >= 11 is 0. The lowest BCUT2D eigenvalue weighted by molar-refractivity contribution is 0.162. The molecule has 0 aliphatic heterocycles. The van der Waals surface area contributed by atoms with Gasteiger partial charge in [-0.1, -0.05) is 48.0 Å². The van der Waals surface area contributed by atoms with Crippen LogP contribution in [-0.4, -0.2) is 11.2 Å². The zero-order valence-corrected chi connectivity index (χ0v) is 13.4. The maximum Gasteiger partial charge on any atom is 0.0580 e. The molecule has 1 N–H and O–H groups in total. The van der Waals surface area contributed by atoms with Crippen molar-refractivity contribution in [3.05, 3.63) is 70.3 Å². The first-order chi connectivity index (χ1) is 10.1. The third-order valence-electron chi connectivity index (χ3n) is 4.13. The molecule has 2 aromatic carbocycles. The Kier molecular flexibility index (Phi) is 5.58. The molecule has 1 heteroatoms. The second-order valence-corrected chi connectivity index (χ2v) is 6.11. The Bertz CT molecular complexity index is 549. The van der Waals surface area contributed by atoms with Crippen LogP contribution in [0, 0.1) is 20.8 Å². The Hall–Kier alpha value is -1.60. The molecule has 1 unspecified atom stereocenters. The second kappa shape index (κ2) is 7.42. The van der Waals surface area contributed by atoms with Gasteiger partial charge in [0.05, 0.1) is 6.10 Å². The third kappa shape index (κ3) is 4.71. The molecule has 2 rings (SSSR count). The van der Waals surface area contributed by atoms with Gasteiger partial charge >= 0.3 is 0 Å². The van der Waals surface area contributed by atoms with E-state index in [1.54, 1.807) is 0 Å². The molecule has 0 fully saturated rings. The fraction of sp³-hybridized carbons (Fsp3) is 0.400. The maximum atomic E-state index is 10.3. The Morgan fingerprint density at radius 3 is 2.19 bits per heavy atom. The van der Waals surface area contributed by atoms with Crippen LogP contribution in [0.3, 0.4) is 0 Å². The molecular formula is C20H26O. The van der Waals surface area contributed by atoms with E-state index in [9.17, 15) is 5.11 Å². The summed E-state index contributed by atoms with van der Waals surface area (Å²) in [5.41, 5.74) is 6.57. The van der Waals surface area contributed by atoms with Crippen molar-refractivity contribution < 1.29 is 5.11 Å². The lowest BCUT2D eigenvalue weighted by atomic mass is 9.93. The van der Waals surface area contributed by atoms with Crippen LogP contribution in [0.5, 0.6) is 0 Å². The lowest BCUT2D eigenvalue weighted by Gasteiger charge is -2.15. The minimum atomic E-state index is -0.242. The lowest BCUT2D eigenvalue weighted by Crippen LogP contribution is -2.13. The van der Waals surface area contributed by atoms with Crippen molar-refractivity contribution in [2.75, 3.05) is 0 Å². The van der Waals surface area contributed by atoms with Gasteiger partial charge in [0.2, 0.25) is 0 Å². The van der Waals surface area contributed by atoms with E-state index in [2.05, 4.69) is 57.2 Å². The van der Waals surface area contributed by atoms with Gasteiger partial charge in [0.15, 0.2) is 0 Å². The van der Waals surface area contributed by atoms with Gasteiger partial charge in [-0.3, -0.25) is 0 Å². The average Bonchev–Trinajstić information content (AvgIpc) is 2.44. The minimum Gasteiger partial charge on any atom is -0.393 e. The summed E-state index contributed by atoms with van der Waals surface area (Å²) in [5.74, 6) is 0. The predicted octanol–water partition coefficient (Wildman–Crippen LogP) is 4.54. The Morgan fingerprint density at radius 2 is 1.57 bits per heavy atom. The molecular weight excluding hydrogens is 256 g/mol. The molecule has 0 aliphatic rings. The highest BCUT2D eigenvalue weighted by atomic mass is 16.3. The van der Waals surface area contributed by atoms with Crippen LogP contribution in [0.2, 0.25) is 0 Å². The monoisotopic (exact) mass is 282 g/mol. The molecule has 0 aliphatic carbocycles. The molecule has 112 valence electrons. The van der Waals surface area contributed by atoms with Crippen molar-refractivity contribution >= 4 is 0 Å². The van der Waals surface area contributed by atoms with E-state index in [0.717, 1.165) is 25.7 Å². The first-order valence-corrected chi connectivity index (χ1v) is 7.85. The Balaban J connectivity index is 1.86. The SMILES string of the molecule is Cc1cc(C)c(CC(O)CCCc2ccccc2)c(C)c1. The fourth-order valence-electron chi connectivity index (χ4n) is 3.06. The number of hydrogen-bond donors (Lipinski definition) is 1. The predicted molar refractivity (Wildman–Crippen MR) is 89.7 cm³/mol. The van der Waals surface area contributed by atoms with Gasteiger partial charge in [-0.2, -0.15) is 0 Å². The van der Waals surface area contributed by atoms with E-state index in [-0.39, 0.29) is 6.10 Å². The fourth-order valence-corrected chi connectivity index (χ4v) is 3.06. The number of rotatable bonds is 6. The normalized spacial score (nSPS) is 12.4. The smallest absolute Gasteiger partial charge is 0.0580 e. The van der Waals surface area contributed by atoms with Crippen molar-refractivity contribution in [1.82, 2.24) is 0 Å². The van der Waals surface area contributed by atoms with Crippen molar-refractivity contribution in [3.63, 3.8) is 0 Å². The standard InChI is InChI=1S/C20H26O/c1-15-12-16(2)20(17(3)13-15)14-19(21)11-7-10-18-8-5-4-6-9-18/h4-6,8-9,12-13,19,21H,7,10-11,14H2,1-3H3. The Labute approximate surface area is 128 Å². The van der Waals surface area contributed by atoms with Crippen molar-refractivity contribution in [3.8, 4) is 0 Å². The van der Waals surface area contributed by atoms with Crippen molar-refractivity contribution in [2.45, 2.75) is 52.6 Å². The van der Waals surface area contributed by atoms with Crippen LogP contribution >= 0.6 is 0 Å². The van der Waals surface area contributed by atoms with E-state index >= 15 is 0 Å². The van der Waals surface area contributed by atoms with Crippen molar-refractivity contribution in [2.24, 2.45) is 0 Å². The molecule has 1 atom stereocenters. The molecule has 0 aromatic heterocycles. The highest BCUT2D eigenvalue weighted by Crippen LogP contribution is 2.19. The summed E-state index contributed by atoms with van der Waals surface area (Å²) < 4.78 is 0. The van der Waals surface area contributed by atoms with E-state index < -0.39 is 0 Å².